The molecule has 0 unspecified atom stereocenters. The summed E-state index contributed by atoms with van der Waals surface area (Å²) in [6.45, 7) is 1.39. The average molecular weight is 552 g/mol. The molecule has 1 aliphatic carbocycles. The SMILES string of the molecule is COCCNC(=O)c1ccc2nn(CC3CCC(C(=O)c4ccc(Cl)c(C(F)(F)F)c4)CC3)cc2c1OC. The molecule has 0 aliphatic heterocycles. The fraction of sp³-hybridized carbons (Fsp3) is 0.444. The van der Waals surface area contributed by atoms with Crippen LogP contribution >= 0.6 is 11.6 Å². The van der Waals surface area contributed by atoms with Crippen molar-refractivity contribution < 1.29 is 32.2 Å². The van der Waals surface area contributed by atoms with Gasteiger partial charge in [-0.2, -0.15) is 18.3 Å². The molecule has 0 atom stereocenters. The lowest BCUT2D eigenvalue weighted by atomic mass is 9.78. The number of fused-ring (bicyclic) bond motifs is 1. The van der Waals surface area contributed by atoms with Crippen molar-refractivity contribution >= 4 is 34.2 Å². The molecule has 38 heavy (non-hydrogen) atoms. The van der Waals surface area contributed by atoms with Gasteiger partial charge in [-0.1, -0.05) is 11.6 Å². The molecule has 11 heteroatoms. The van der Waals surface area contributed by atoms with E-state index in [9.17, 15) is 22.8 Å². The minimum absolute atomic E-state index is 0.0395. The standard InChI is InChI=1S/C27H29ClF3N3O4/c1-37-12-11-32-26(36)19-8-10-23-20(25(19)38-2)15-34(33-23)14-16-3-5-17(6-4-16)24(35)18-7-9-22(28)21(13-18)27(29,30)31/h7-10,13,15-17H,3-6,11-12,14H2,1-2H3,(H,32,36). The second-order valence-electron chi connectivity index (χ2n) is 9.45. The molecule has 0 saturated heterocycles. The molecular formula is C27H29ClF3N3O4. The number of hydrogen-bond acceptors (Lipinski definition) is 5. The molecule has 4 rings (SSSR count). The maximum atomic E-state index is 13.2. The van der Waals surface area contributed by atoms with E-state index in [-0.39, 0.29) is 29.1 Å². The number of carbonyl (C=O) groups excluding carboxylic acids is 2. The van der Waals surface area contributed by atoms with Crippen molar-refractivity contribution in [1.29, 1.82) is 0 Å². The number of halogens is 4. The fourth-order valence-corrected chi connectivity index (χ4v) is 5.20. The van der Waals surface area contributed by atoms with Crippen LogP contribution in [0, 0.1) is 11.8 Å². The number of rotatable bonds is 9. The summed E-state index contributed by atoms with van der Waals surface area (Å²) in [4.78, 5) is 25.5. The Morgan fingerprint density at radius 2 is 1.87 bits per heavy atom. The molecule has 1 N–H and O–H groups in total. The van der Waals surface area contributed by atoms with Gasteiger partial charge in [-0.3, -0.25) is 14.3 Å². The third-order valence-electron chi connectivity index (χ3n) is 6.95. The number of ketones is 1. The van der Waals surface area contributed by atoms with E-state index in [2.05, 4.69) is 10.4 Å². The highest BCUT2D eigenvalue weighted by atomic mass is 35.5. The van der Waals surface area contributed by atoms with Crippen molar-refractivity contribution in [2.45, 2.75) is 38.4 Å². The van der Waals surface area contributed by atoms with Crippen molar-refractivity contribution in [1.82, 2.24) is 15.1 Å². The first kappa shape index (κ1) is 27.9. The van der Waals surface area contributed by atoms with Crippen LogP contribution in [0.25, 0.3) is 10.9 Å². The van der Waals surface area contributed by atoms with E-state index in [1.165, 1.54) is 13.2 Å². The molecule has 1 saturated carbocycles. The summed E-state index contributed by atoms with van der Waals surface area (Å²) in [6, 6.07) is 6.80. The molecule has 1 heterocycles. The summed E-state index contributed by atoms with van der Waals surface area (Å²) >= 11 is 5.69. The zero-order valence-corrected chi connectivity index (χ0v) is 21.9. The molecule has 0 bridgehead atoms. The van der Waals surface area contributed by atoms with Crippen LogP contribution in [0.1, 0.15) is 52.0 Å². The van der Waals surface area contributed by atoms with Crippen LogP contribution < -0.4 is 10.1 Å². The van der Waals surface area contributed by atoms with E-state index < -0.39 is 16.8 Å². The van der Waals surface area contributed by atoms with E-state index in [0.717, 1.165) is 30.4 Å². The molecule has 204 valence electrons. The van der Waals surface area contributed by atoms with Crippen molar-refractivity contribution in [3.05, 3.63) is 58.2 Å². The van der Waals surface area contributed by atoms with Crippen molar-refractivity contribution in [3.63, 3.8) is 0 Å². The summed E-state index contributed by atoms with van der Waals surface area (Å²) < 4.78 is 52.0. The van der Waals surface area contributed by atoms with Crippen molar-refractivity contribution in [2.75, 3.05) is 27.4 Å². The number of nitrogens with zero attached hydrogens (tertiary/aromatic N) is 2. The van der Waals surface area contributed by atoms with Gasteiger partial charge in [-0.25, -0.2) is 0 Å². The number of nitrogens with one attached hydrogen (secondary N) is 1. The van der Waals surface area contributed by atoms with Crippen LogP contribution in [0.15, 0.2) is 36.5 Å². The first-order valence-corrected chi connectivity index (χ1v) is 12.7. The highest BCUT2D eigenvalue weighted by Gasteiger charge is 2.35. The summed E-state index contributed by atoms with van der Waals surface area (Å²) in [6.07, 6.45) is -0.0979. The van der Waals surface area contributed by atoms with Gasteiger partial charge in [0.1, 0.15) is 5.75 Å². The molecule has 0 radical (unpaired) electrons. The number of aromatic nitrogens is 2. The Balaban J connectivity index is 1.41. The lowest BCUT2D eigenvalue weighted by molar-refractivity contribution is -0.137. The van der Waals surface area contributed by atoms with Gasteiger partial charge in [0.2, 0.25) is 0 Å². The van der Waals surface area contributed by atoms with Gasteiger partial charge < -0.3 is 14.8 Å². The number of Topliss-reactive ketones (excluding diaryl/α,β-unsaturated/α-hetero) is 1. The summed E-state index contributed by atoms with van der Waals surface area (Å²) in [7, 11) is 3.07. The lowest BCUT2D eigenvalue weighted by Gasteiger charge is -2.27. The Bertz CT molecular complexity index is 1320. The molecule has 7 nitrogen and oxygen atoms in total. The Labute approximate surface area is 223 Å². The largest absolute Gasteiger partial charge is 0.495 e. The molecule has 2 aromatic carbocycles. The minimum atomic E-state index is -4.62. The second kappa shape index (κ2) is 11.7. The highest BCUT2D eigenvalue weighted by molar-refractivity contribution is 6.31. The van der Waals surface area contributed by atoms with Crippen LogP contribution in [-0.2, 0) is 17.5 Å². The van der Waals surface area contributed by atoms with Crippen LogP contribution in [0.5, 0.6) is 5.75 Å². The van der Waals surface area contributed by atoms with E-state index in [1.54, 1.807) is 19.2 Å². The number of amides is 1. The Hall–Kier alpha value is -3.11. The molecule has 3 aromatic rings. The van der Waals surface area contributed by atoms with Crippen LogP contribution in [0.4, 0.5) is 13.2 Å². The van der Waals surface area contributed by atoms with Crippen LogP contribution in [-0.4, -0.2) is 48.8 Å². The topological polar surface area (TPSA) is 82.5 Å². The molecule has 1 aliphatic rings. The van der Waals surface area contributed by atoms with Gasteiger partial charge in [0, 0.05) is 37.9 Å². The maximum absolute atomic E-state index is 13.2. The first-order valence-electron chi connectivity index (χ1n) is 12.3. The maximum Gasteiger partial charge on any atom is 0.417 e. The fourth-order valence-electron chi connectivity index (χ4n) is 4.97. The molecule has 1 fully saturated rings. The number of hydrogen-bond donors (Lipinski definition) is 1. The van der Waals surface area contributed by atoms with E-state index in [0.29, 0.717) is 49.4 Å². The van der Waals surface area contributed by atoms with E-state index in [4.69, 9.17) is 21.1 Å². The number of methoxy groups -OCH3 is 2. The predicted octanol–water partition coefficient (Wildman–Crippen LogP) is 5.78. The third kappa shape index (κ3) is 6.13. The van der Waals surface area contributed by atoms with Gasteiger partial charge in [-0.15, -0.1) is 0 Å². The summed E-state index contributed by atoms with van der Waals surface area (Å²) in [5.74, 6) is -0.174. The smallest absolute Gasteiger partial charge is 0.417 e. The van der Waals surface area contributed by atoms with Gasteiger partial charge in [0.25, 0.3) is 5.91 Å². The van der Waals surface area contributed by atoms with Gasteiger partial charge in [0.15, 0.2) is 5.78 Å². The summed E-state index contributed by atoms with van der Waals surface area (Å²) in [5, 5.41) is 7.73. The summed E-state index contributed by atoms with van der Waals surface area (Å²) in [5.41, 5.74) is 0.154. The van der Waals surface area contributed by atoms with E-state index in [1.807, 2.05) is 10.9 Å². The molecule has 1 aromatic heterocycles. The molecular weight excluding hydrogens is 523 g/mol. The molecule has 0 spiro atoms. The van der Waals surface area contributed by atoms with Crippen LogP contribution in [0.2, 0.25) is 5.02 Å². The quantitative estimate of drug-likeness (QED) is 0.269. The van der Waals surface area contributed by atoms with Crippen LogP contribution in [0.3, 0.4) is 0 Å². The first-order chi connectivity index (χ1) is 18.1. The van der Waals surface area contributed by atoms with E-state index >= 15 is 0 Å². The Kier molecular flexibility index (Phi) is 8.62. The number of alkyl halides is 3. The van der Waals surface area contributed by atoms with Crippen molar-refractivity contribution in [3.8, 4) is 5.75 Å². The minimum Gasteiger partial charge on any atom is -0.495 e. The Morgan fingerprint density at radius 1 is 1.13 bits per heavy atom. The number of carbonyl (C=O) groups is 2. The monoisotopic (exact) mass is 551 g/mol. The third-order valence-corrected chi connectivity index (χ3v) is 7.28. The number of ether oxygens (including phenoxy) is 2. The molecule has 1 amide bonds. The predicted molar refractivity (Wildman–Crippen MR) is 137 cm³/mol. The van der Waals surface area contributed by atoms with Gasteiger partial charge in [-0.05, 0) is 61.9 Å². The second-order valence-corrected chi connectivity index (χ2v) is 9.86. The number of benzene rings is 2. The van der Waals surface area contributed by atoms with Gasteiger partial charge >= 0.3 is 6.18 Å². The average Bonchev–Trinajstić information content (AvgIpc) is 3.30. The zero-order valence-electron chi connectivity index (χ0n) is 21.1. The highest BCUT2D eigenvalue weighted by Crippen LogP contribution is 2.37. The van der Waals surface area contributed by atoms with Gasteiger partial charge in [0.05, 0.1) is 40.8 Å². The normalized spacial score (nSPS) is 17.9. The zero-order chi connectivity index (χ0) is 27.4. The Morgan fingerprint density at radius 3 is 2.53 bits per heavy atom. The lowest BCUT2D eigenvalue weighted by Crippen LogP contribution is -2.27. The van der Waals surface area contributed by atoms with Crippen molar-refractivity contribution in [2.24, 2.45) is 11.8 Å².